The summed E-state index contributed by atoms with van der Waals surface area (Å²) < 4.78 is 0. The molecule has 158 valence electrons. The molecule has 1 unspecified atom stereocenters. The van der Waals surface area contributed by atoms with Crippen LogP contribution in [-0.2, 0) is 29.0 Å². The van der Waals surface area contributed by atoms with Crippen molar-refractivity contribution in [3.05, 3.63) is 62.8 Å². The van der Waals surface area contributed by atoms with Crippen LogP contribution >= 0.6 is 0 Å². The van der Waals surface area contributed by atoms with E-state index < -0.39 is 0 Å². The lowest BCUT2D eigenvalue weighted by atomic mass is 9.99. The summed E-state index contributed by atoms with van der Waals surface area (Å²) in [5, 5.41) is 0. The minimum atomic E-state index is -0.234. The maximum atomic E-state index is 13.1. The first kappa shape index (κ1) is 20.3. The Balaban J connectivity index is 1.60. The Kier molecular flexibility index (Phi) is 5.70. The molecular weight excluding hydrogens is 380 g/mol. The number of nitrogens with one attached hydrogen (secondary N) is 1. The van der Waals surface area contributed by atoms with Crippen molar-refractivity contribution in [2.75, 3.05) is 13.1 Å². The van der Waals surface area contributed by atoms with E-state index in [0.29, 0.717) is 49.6 Å². The number of benzene rings is 1. The second-order valence-corrected chi connectivity index (χ2v) is 8.33. The average Bonchev–Trinajstić information content (AvgIpc) is 2.73. The van der Waals surface area contributed by atoms with E-state index >= 15 is 0 Å². The molecule has 2 amide bonds. The number of fused-ring (bicyclic) bond motifs is 1. The number of carbonyl (C=O) groups excluding carboxylic acids is 2. The highest BCUT2D eigenvalue weighted by Gasteiger charge is 2.31. The molecular formula is C23H28N4O3. The molecule has 0 bridgehead atoms. The monoisotopic (exact) mass is 408 g/mol. The topological polar surface area (TPSA) is 86.4 Å². The van der Waals surface area contributed by atoms with E-state index in [1.54, 1.807) is 4.90 Å². The normalized spacial score (nSPS) is 18.8. The minimum absolute atomic E-state index is 0.0168. The van der Waals surface area contributed by atoms with Gasteiger partial charge in [-0.1, -0.05) is 29.8 Å². The smallest absolute Gasteiger partial charge is 0.254 e. The van der Waals surface area contributed by atoms with Crippen LogP contribution in [0, 0.1) is 6.92 Å². The molecule has 1 atom stereocenters. The van der Waals surface area contributed by atoms with Gasteiger partial charge in [0.25, 0.3) is 5.56 Å². The number of H-pyrrole nitrogens is 1. The summed E-state index contributed by atoms with van der Waals surface area (Å²) in [5.41, 5.74) is 3.30. The predicted molar refractivity (Wildman–Crippen MR) is 113 cm³/mol. The van der Waals surface area contributed by atoms with E-state index in [2.05, 4.69) is 4.98 Å². The van der Waals surface area contributed by atoms with Crippen LogP contribution < -0.4 is 5.56 Å². The fourth-order valence-electron chi connectivity index (χ4n) is 4.50. The highest BCUT2D eigenvalue weighted by atomic mass is 16.2. The Morgan fingerprint density at radius 1 is 1.23 bits per heavy atom. The van der Waals surface area contributed by atoms with Gasteiger partial charge in [-0.15, -0.1) is 0 Å². The van der Waals surface area contributed by atoms with Crippen molar-refractivity contribution in [2.24, 2.45) is 0 Å². The van der Waals surface area contributed by atoms with Crippen molar-refractivity contribution < 1.29 is 9.59 Å². The number of hydrogen-bond donors (Lipinski definition) is 1. The zero-order chi connectivity index (χ0) is 21.3. The van der Waals surface area contributed by atoms with E-state index in [1.807, 2.05) is 36.1 Å². The maximum absolute atomic E-state index is 13.1. The molecule has 1 aromatic carbocycles. The number of nitrogens with zero attached hydrogens (tertiary/aromatic N) is 3. The zero-order valence-electron chi connectivity index (χ0n) is 17.6. The van der Waals surface area contributed by atoms with E-state index in [9.17, 15) is 14.4 Å². The molecule has 0 radical (unpaired) electrons. The Bertz CT molecular complexity index is 1030. The van der Waals surface area contributed by atoms with Crippen molar-refractivity contribution >= 4 is 11.8 Å². The second-order valence-electron chi connectivity index (χ2n) is 8.33. The van der Waals surface area contributed by atoms with Gasteiger partial charge in [0, 0.05) is 25.6 Å². The quantitative estimate of drug-likeness (QED) is 0.844. The lowest BCUT2D eigenvalue weighted by molar-refractivity contribution is -0.134. The summed E-state index contributed by atoms with van der Waals surface area (Å²) in [7, 11) is 0. The Hall–Kier alpha value is -2.96. The van der Waals surface area contributed by atoms with Gasteiger partial charge in [-0.2, -0.15) is 0 Å². The van der Waals surface area contributed by atoms with Gasteiger partial charge in [0.15, 0.2) is 0 Å². The summed E-state index contributed by atoms with van der Waals surface area (Å²) in [6.45, 7) is 5.11. The van der Waals surface area contributed by atoms with Gasteiger partial charge < -0.3 is 14.8 Å². The minimum Gasteiger partial charge on any atom is -0.337 e. The molecule has 3 heterocycles. The van der Waals surface area contributed by atoms with E-state index in [1.165, 1.54) is 6.92 Å². The number of amides is 2. The Morgan fingerprint density at radius 3 is 2.83 bits per heavy atom. The number of carbonyl (C=O) groups is 2. The molecule has 0 spiro atoms. The summed E-state index contributed by atoms with van der Waals surface area (Å²) in [6, 6.07) is 7.76. The third kappa shape index (κ3) is 4.15. The molecule has 2 aromatic rings. The largest absolute Gasteiger partial charge is 0.337 e. The Labute approximate surface area is 176 Å². The number of piperidine rings is 1. The molecule has 2 aliphatic heterocycles. The number of likely N-dealkylation sites (tertiary alicyclic amines) is 1. The first-order valence-corrected chi connectivity index (χ1v) is 10.6. The molecule has 7 nitrogen and oxygen atoms in total. The molecule has 0 saturated carbocycles. The van der Waals surface area contributed by atoms with Gasteiger partial charge in [0.2, 0.25) is 11.8 Å². The van der Waals surface area contributed by atoms with Crippen LogP contribution in [0.25, 0.3) is 0 Å². The molecule has 0 aliphatic carbocycles. The van der Waals surface area contributed by atoms with Crippen molar-refractivity contribution in [3.63, 3.8) is 0 Å². The van der Waals surface area contributed by atoms with Crippen molar-refractivity contribution in [1.29, 1.82) is 0 Å². The van der Waals surface area contributed by atoms with Gasteiger partial charge >= 0.3 is 0 Å². The number of aryl methyl sites for hydroxylation is 1. The van der Waals surface area contributed by atoms with Crippen LogP contribution in [0.3, 0.4) is 0 Å². The van der Waals surface area contributed by atoms with Gasteiger partial charge in [0.1, 0.15) is 5.82 Å². The lowest BCUT2D eigenvalue weighted by Crippen LogP contribution is -2.42. The maximum Gasteiger partial charge on any atom is 0.254 e. The van der Waals surface area contributed by atoms with Gasteiger partial charge in [-0.3, -0.25) is 14.4 Å². The molecule has 7 heteroatoms. The van der Waals surface area contributed by atoms with E-state index in [0.717, 1.165) is 30.4 Å². The van der Waals surface area contributed by atoms with Crippen LogP contribution in [0.4, 0.5) is 0 Å². The van der Waals surface area contributed by atoms with Crippen LogP contribution in [0.5, 0.6) is 0 Å². The van der Waals surface area contributed by atoms with Crippen LogP contribution in [0.15, 0.2) is 29.1 Å². The summed E-state index contributed by atoms with van der Waals surface area (Å²) >= 11 is 0. The van der Waals surface area contributed by atoms with Crippen LogP contribution in [-0.4, -0.2) is 44.7 Å². The predicted octanol–water partition coefficient (Wildman–Crippen LogP) is 2.28. The standard InChI is InChI=1S/C23H28N4O3/c1-15-6-5-7-17(12-15)13-21(29)27-10-4-3-8-20(27)22-24-19-14-26(16(2)28)11-9-18(19)23(30)25-22/h5-7,12,20H,3-4,8-11,13-14H2,1-2H3,(H,24,25,30). The highest BCUT2D eigenvalue weighted by Crippen LogP contribution is 2.30. The number of rotatable bonds is 3. The molecule has 1 aromatic heterocycles. The Morgan fingerprint density at radius 2 is 2.07 bits per heavy atom. The van der Waals surface area contributed by atoms with Crippen molar-refractivity contribution in [3.8, 4) is 0 Å². The first-order chi connectivity index (χ1) is 14.4. The van der Waals surface area contributed by atoms with Gasteiger partial charge in [-0.05, 0) is 38.2 Å². The fraction of sp³-hybridized carbons (Fsp3) is 0.478. The first-order valence-electron chi connectivity index (χ1n) is 10.6. The van der Waals surface area contributed by atoms with E-state index in [-0.39, 0.29) is 23.4 Å². The van der Waals surface area contributed by atoms with Gasteiger partial charge in [0.05, 0.1) is 24.7 Å². The third-order valence-corrected chi connectivity index (χ3v) is 6.11. The zero-order valence-corrected chi connectivity index (χ0v) is 17.6. The number of aromatic nitrogens is 2. The average molecular weight is 409 g/mol. The fourth-order valence-corrected chi connectivity index (χ4v) is 4.50. The van der Waals surface area contributed by atoms with Crippen molar-refractivity contribution in [2.45, 2.75) is 58.5 Å². The summed E-state index contributed by atoms with van der Waals surface area (Å²) in [4.78, 5) is 48.9. The lowest BCUT2D eigenvalue weighted by Gasteiger charge is -2.36. The highest BCUT2D eigenvalue weighted by molar-refractivity contribution is 5.79. The number of aromatic amines is 1. The second kappa shape index (κ2) is 8.42. The third-order valence-electron chi connectivity index (χ3n) is 6.11. The molecule has 1 fully saturated rings. The molecule has 1 N–H and O–H groups in total. The molecule has 4 rings (SSSR count). The molecule has 30 heavy (non-hydrogen) atoms. The number of hydrogen-bond acceptors (Lipinski definition) is 4. The van der Waals surface area contributed by atoms with Crippen LogP contribution in [0.1, 0.15) is 60.4 Å². The van der Waals surface area contributed by atoms with Gasteiger partial charge in [-0.25, -0.2) is 4.98 Å². The summed E-state index contributed by atoms with van der Waals surface area (Å²) in [6.07, 6.45) is 3.56. The molecule has 1 saturated heterocycles. The van der Waals surface area contributed by atoms with Crippen LogP contribution in [0.2, 0.25) is 0 Å². The van der Waals surface area contributed by atoms with Crippen molar-refractivity contribution in [1.82, 2.24) is 19.8 Å². The summed E-state index contributed by atoms with van der Waals surface area (Å²) in [5.74, 6) is 0.578. The van der Waals surface area contributed by atoms with E-state index in [4.69, 9.17) is 4.98 Å². The molecule has 2 aliphatic rings. The SMILES string of the molecule is CC(=O)N1CCc2c(nc(C3CCCCN3C(=O)Cc3cccc(C)c3)[nH]c2=O)C1.